The zero-order chi connectivity index (χ0) is 20.8. The summed E-state index contributed by atoms with van der Waals surface area (Å²) in [6, 6.07) is 13.4. The third kappa shape index (κ3) is 2.88. The molecule has 0 saturated heterocycles. The number of carbonyl (C=O) groups excluding carboxylic acids is 1. The molecule has 148 valence electrons. The number of nitrogens with one attached hydrogen (secondary N) is 1. The zero-order valence-electron chi connectivity index (χ0n) is 15.1. The zero-order valence-corrected chi connectivity index (χ0v) is 15.9. The molecule has 0 aliphatic heterocycles. The van der Waals surface area contributed by atoms with E-state index in [1.54, 1.807) is 42.5 Å². The van der Waals surface area contributed by atoms with Crippen molar-refractivity contribution < 1.29 is 28.6 Å². The van der Waals surface area contributed by atoms with Crippen molar-refractivity contribution in [2.45, 2.75) is 0 Å². The van der Waals surface area contributed by atoms with Crippen LogP contribution in [0.5, 0.6) is 5.75 Å². The van der Waals surface area contributed by atoms with E-state index < -0.39 is 11.9 Å². The fourth-order valence-electron chi connectivity index (χ4n) is 3.15. The number of anilines is 1. The Hall–Kier alpha value is -4.11. The van der Waals surface area contributed by atoms with E-state index in [9.17, 15) is 19.8 Å². The van der Waals surface area contributed by atoms with Crippen molar-refractivity contribution in [3.63, 3.8) is 0 Å². The molecule has 0 aliphatic carbocycles. The van der Waals surface area contributed by atoms with Gasteiger partial charge in [-0.2, -0.15) is 0 Å². The second-order valence-electron chi connectivity index (χ2n) is 6.41. The van der Waals surface area contributed by atoms with Gasteiger partial charge in [-0.05, 0) is 24.3 Å². The lowest BCUT2D eigenvalue weighted by molar-refractivity contribution is 0.0699. The molecule has 9 heteroatoms. The van der Waals surface area contributed by atoms with Gasteiger partial charge in [0.15, 0.2) is 16.9 Å². The van der Waals surface area contributed by atoms with Gasteiger partial charge >= 0.3 is 11.9 Å². The number of oxazole rings is 1. The Morgan fingerprint density at radius 2 is 1.90 bits per heavy atom. The molecule has 0 spiro atoms. The molecule has 8 nitrogen and oxygen atoms in total. The Morgan fingerprint density at radius 1 is 1.07 bits per heavy atom. The lowest BCUT2D eigenvalue weighted by Crippen LogP contribution is -2.14. The quantitative estimate of drug-likeness (QED) is 0.375. The van der Waals surface area contributed by atoms with Crippen molar-refractivity contribution in [3.8, 4) is 16.4 Å². The van der Waals surface area contributed by atoms with E-state index in [0.29, 0.717) is 21.4 Å². The van der Waals surface area contributed by atoms with E-state index in [1.807, 2.05) is 0 Å². The molecule has 0 atom stereocenters. The summed E-state index contributed by atoms with van der Waals surface area (Å²) in [6.07, 6.45) is 0. The number of hydrogen-bond donors (Lipinski definition) is 3. The molecule has 0 aliphatic rings. The summed E-state index contributed by atoms with van der Waals surface area (Å²) in [7, 11) is 0. The minimum Gasteiger partial charge on any atom is -0.504 e. The number of furan rings is 1. The molecule has 0 radical (unpaired) electrons. The lowest BCUT2D eigenvalue weighted by Gasteiger charge is -2.03. The number of hydrogen-bond acceptors (Lipinski definition) is 7. The summed E-state index contributed by atoms with van der Waals surface area (Å²) in [6.45, 7) is 0. The van der Waals surface area contributed by atoms with Gasteiger partial charge in [0.25, 0.3) is 5.89 Å². The number of carboxylic acid groups (broad SMARTS) is 1. The summed E-state index contributed by atoms with van der Waals surface area (Å²) >= 11 is 1.10. The maximum absolute atomic E-state index is 12.6. The van der Waals surface area contributed by atoms with Crippen LogP contribution in [-0.4, -0.2) is 27.1 Å². The average molecular weight is 420 g/mol. The lowest BCUT2D eigenvalue weighted by atomic mass is 10.2. The number of aromatic hydroxyl groups is 1. The van der Waals surface area contributed by atoms with Crippen LogP contribution in [0.2, 0.25) is 0 Å². The van der Waals surface area contributed by atoms with Gasteiger partial charge < -0.3 is 24.4 Å². The number of para-hydroxylation sites is 3. The molecular weight excluding hydrogens is 408 g/mol. The molecule has 30 heavy (non-hydrogen) atoms. The molecule has 0 fully saturated rings. The first-order valence-corrected chi connectivity index (χ1v) is 9.63. The van der Waals surface area contributed by atoms with Gasteiger partial charge in [0.2, 0.25) is 0 Å². The molecule has 2 aromatic carbocycles. The highest BCUT2D eigenvalue weighted by Gasteiger charge is 2.25. The standard InChI is InChI=1S/C21H12N2O6S/c24-13-6-3-4-10-8-15(28-17(10)13)18-16(21(26)27)12(9-30-18)22-19(25)20-23-11-5-1-2-7-14(11)29-20/h1-9,24H,(H,22,25)(H,26,27). The van der Waals surface area contributed by atoms with Crippen molar-refractivity contribution >= 4 is 51.0 Å². The van der Waals surface area contributed by atoms with E-state index in [4.69, 9.17) is 8.83 Å². The molecular formula is C21H12N2O6S. The summed E-state index contributed by atoms with van der Waals surface area (Å²) in [5.41, 5.74) is 1.21. The van der Waals surface area contributed by atoms with E-state index in [1.165, 1.54) is 11.4 Å². The van der Waals surface area contributed by atoms with Gasteiger partial charge in [-0.1, -0.05) is 24.3 Å². The maximum atomic E-state index is 12.6. The minimum absolute atomic E-state index is 0.0448. The Balaban J connectivity index is 1.53. The molecule has 3 N–H and O–H groups in total. The summed E-state index contributed by atoms with van der Waals surface area (Å²) in [4.78, 5) is 28.9. The van der Waals surface area contributed by atoms with Crippen molar-refractivity contribution in [1.29, 1.82) is 0 Å². The van der Waals surface area contributed by atoms with Crippen molar-refractivity contribution in [2.24, 2.45) is 0 Å². The second kappa shape index (κ2) is 6.75. The van der Waals surface area contributed by atoms with Crippen LogP contribution >= 0.6 is 11.3 Å². The van der Waals surface area contributed by atoms with Gasteiger partial charge in [0, 0.05) is 10.8 Å². The van der Waals surface area contributed by atoms with Gasteiger partial charge in [-0.25, -0.2) is 9.78 Å². The largest absolute Gasteiger partial charge is 0.504 e. The summed E-state index contributed by atoms with van der Waals surface area (Å²) < 4.78 is 11.1. The summed E-state index contributed by atoms with van der Waals surface area (Å²) in [5, 5.41) is 24.4. The number of nitrogens with zero attached hydrogens (tertiary/aromatic N) is 1. The number of benzene rings is 2. The predicted molar refractivity (Wildman–Crippen MR) is 110 cm³/mol. The number of aromatic nitrogens is 1. The Labute approximate surface area is 172 Å². The molecule has 5 rings (SSSR count). The van der Waals surface area contributed by atoms with Crippen LogP contribution in [0.25, 0.3) is 32.7 Å². The van der Waals surface area contributed by atoms with Crippen molar-refractivity contribution in [1.82, 2.24) is 4.98 Å². The summed E-state index contributed by atoms with van der Waals surface area (Å²) in [5.74, 6) is -1.84. The third-order valence-corrected chi connectivity index (χ3v) is 5.48. The fraction of sp³-hybridized carbons (Fsp3) is 0. The van der Waals surface area contributed by atoms with Crippen LogP contribution in [0.1, 0.15) is 21.0 Å². The highest BCUT2D eigenvalue weighted by molar-refractivity contribution is 7.14. The molecule has 3 heterocycles. The molecule has 1 amide bonds. The average Bonchev–Trinajstić information content (AvgIpc) is 3.44. The smallest absolute Gasteiger partial charge is 0.339 e. The monoisotopic (exact) mass is 420 g/mol. The first-order valence-electron chi connectivity index (χ1n) is 8.75. The molecule has 0 bridgehead atoms. The third-order valence-electron chi connectivity index (χ3n) is 4.49. The molecule has 5 aromatic rings. The number of phenolic OH excluding ortho intramolecular Hbond substituents is 1. The SMILES string of the molecule is O=C(Nc1csc(-c2cc3cccc(O)c3o2)c1C(=O)O)c1nc2ccccc2o1. The van der Waals surface area contributed by atoms with E-state index >= 15 is 0 Å². The van der Waals surface area contributed by atoms with E-state index in [0.717, 1.165) is 11.3 Å². The van der Waals surface area contributed by atoms with Crippen molar-refractivity contribution in [2.75, 3.05) is 5.32 Å². The van der Waals surface area contributed by atoms with Crippen LogP contribution in [0.15, 0.2) is 62.7 Å². The fourth-order valence-corrected chi connectivity index (χ4v) is 4.09. The topological polar surface area (TPSA) is 126 Å². The maximum Gasteiger partial charge on any atom is 0.339 e. The number of carboxylic acids is 1. The van der Waals surface area contributed by atoms with E-state index in [2.05, 4.69) is 10.3 Å². The van der Waals surface area contributed by atoms with Crippen LogP contribution in [0.4, 0.5) is 5.69 Å². The number of fused-ring (bicyclic) bond motifs is 2. The number of rotatable bonds is 4. The van der Waals surface area contributed by atoms with Crippen LogP contribution in [0, 0.1) is 0 Å². The number of phenols is 1. The van der Waals surface area contributed by atoms with Crippen molar-refractivity contribution in [3.05, 3.63) is 65.4 Å². The molecule has 3 aromatic heterocycles. The first-order chi connectivity index (χ1) is 14.5. The van der Waals surface area contributed by atoms with Crippen LogP contribution < -0.4 is 5.32 Å². The molecule has 0 saturated carbocycles. The Bertz CT molecular complexity index is 1410. The number of amides is 1. The van der Waals surface area contributed by atoms with Gasteiger partial charge in [0.05, 0.1) is 10.6 Å². The Morgan fingerprint density at radius 3 is 2.67 bits per heavy atom. The number of aromatic carboxylic acids is 1. The highest BCUT2D eigenvalue weighted by atomic mass is 32.1. The number of carbonyl (C=O) groups is 2. The second-order valence-corrected chi connectivity index (χ2v) is 7.29. The van der Waals surface area contributed by atoms with E-state index in [-0.39, 0.29) is 34.2 Å². The Kier molecular flexibility index (Phi) is 4.04. The predicted octanol–water partition coefficient (Wildman–Crippen LogP) is 4.96. The van der Waals surface area contributed by atoms with Gasteiger partial charge in [-0.15, -0.1) is 11.3 Å². The molecule has 0 unspecified atom stereocenters. The number of thiophene rings is 1. The van der Waals surface area contributed by atoms with Gasteiger partial charge in [-0.3, -0.25) is 4.79 Å². The first kappa shape index (κ1) is 18.0. The van der Waals surface area contributed by atoms with Crippen LogP contribution in [-0.2, 0) is 0 Å². The van der Waals surface area contributed by atoms with Gasteiger partial charge in [0.1, 0.15) is 16.8 Å². The highest BCUT2D eigenvalue weighted by Crippen LogP contribution is 2.40. The minimum atomic E-state index is -1.23. The normalized spacial score (nSPS) is 11.2. The van der Waals surface area contributed by atoms with Crippen LogP contribution in [0.3, 0.4) is 0 Å².